The van der Waals surface area contributed by atoms with Crippen LogP contribution >= 0.6 is 11.6 Å². The molecule has 3 aromatic rings. The summed E-state index contributed by atoms with van der Waals surface area (Å²) in [6.07, 6.45) is 3.26. The number of anilines is 1. The molecule has 5 heteroatoms. The molecule has 0 aliphatic carbocycles. The van der Waals surface area contributed by atoms with Gasteiger partial charge in [-0.25, -0.2) is 4.68 Å². The van der Waals surface area contributed by atoms with E-state index in [9.17, 15) is 0 Å². The number of hydrogen-bond donors (Lipinski definition) is 1. The summed E-state index contributed by atoms with van der Waals surface area (Å²) in [4.78, 5) is 0. The highest BCUT2D eigenvalue weighted by atomic mass is 35.5. The number of nitrogens with one attached hydrogen (secondary N) is 1. The number of aromatic nitrogens is 2. The lowest BCUT2D eigenvalue weighted by Crippen LogP contribution is -2.08. The number of nitrogens with zero attached hydrogens (tertiary/aromatic N) is 2. The van der Waals surface area contributed by atoms with Crippen molar-refractivity contribution in [3.63, 3.8) is 0 Å². The predicted molar refractivity (Wildman–Crippen MR) is 111 cm³/mol. The summed E-state index contributed by atoms with van der Waals surface area (Å²) in [5.74, 6) is 1.87. The van der Waals surface area contributed by atoms with E-state index < -0.39 is 0 Å². The minimum atomic E-state index is 0.683. The van der Waals surface area contributed by atoms with E-state index in [0.717, 1.165) is 54.3 Å². The van der Waals surface area contributed by atoms with Crippen LogP contribution in [0.5, 0.6) is 5.75 Å². The topological polar surface area (TPSA) is 39.1 Å². The minimum absolute atomic E-state index is 0.683. The van der Waals surface area contributed by atoms with Gasteiger partial charge in [-0.05, 0) is 68.5 Å². The molecule has 1 aliphatic heterocycles. The molecule has 0 spiro atoms. The Morgan fingerprint density at radius 2 is 1.96 bits per heavy atom. The van der Waals surface area contributed by atoms with E-state index in [2.05, 4.69) is 42.0 Å². The Morgan fingerprint density at radius 1 is 1.11 bits per heavy atom. The summed E-state index contributed by atoms with van der Waals surface area (Å²) in [5, 5.41) is 9.33. The normalized spacial score (nSPS) is 13.6. The van der Waals surface area contributed by atoms with E-state index in [4.69, 9.17) is 21.4 Å². The Labute approximate surface area is 165 Å². The predicted octanol–water partition coefficient (Wildman–Crippen LogP) is 5.57. The van der Waals surface area contributed by atoms with Gasteiger partial charge in [0.1, 0.15) is 17.3 Å². The monoisotopic (exact) mass is 381 g/mol. The lowest BCUT2D eigenvalue weighted by Gasteiger charge is -2.12. The summed E-state index contributed by atoms with van der Waals surface area (Å²) in [5.41, 5.74) is 6.63. The Hall–Kier alpha value is -2.46. The van der Waals surface area contributed by atoms with Crippen molar-refractivity contribution in [1.82, 2.24) is 9.78 Å². The first kappa shape index (κ1) is 17.9. The first-order valence-electron chi connectivity index (χ1n) is 9.36. The van der Waals surface area contributed by atoms with Crippen molar-refractivity contribution in [3.8, 4) is 22.7 Å². The zero-order chi connectivity index (χ0) is 19.0. The first-order chi connectivity index (χ1) is 13.1. The lowest BCUT2D eigenvalue weighted by atomic mass is 10.0. The van der Waals surface area contributed by atoms with Crippen LogP contribution in [0.2, 0.25) is 5.02 Å². The molecule has 2 aromatic carbocycles. The van der Waals surface area contributed by atoms with Gasteiger partial charge >= 0.3 is 0 Å². The molecular formula is C22H24ClN3O. The van der Waals surface area contributed by atoms with Crippen molar-refractivity contribution in [2.24, 2.45) is 0 Å². The highest BCUT2D eigenvalue weighted by Gasteiger charge is 2.24. The third kappa shape index (κ3) is 3.30. The number of fused-ring (bicyclic) bond motifs is 1. The summed E-state index contributed by atoms with van der Waals surface area (Å²) in [6, 6.07) is 12.2. The molecule has 0 bridgehead atoms. The second kappa shape index (κ2) is 7.28. The number of benzene rings is 2. The number of halogens is 1. The Bertz CT molecular complexity index is 993. The Morgan fingerprint density at radius 3 is 2.78 bits per heavy atom. The van der Waals surface area contributed by atoms with E-state index in [0.29, 0.717) is 5.02 Å². The maximum absolute atomic E-state index is 6.30. The van der Waals surface area contributed by atoms with Gasteiger partial charge in [-0.2, -0.15) is 5.10 Å². The van der Waals surface area contributed by atoms with Gasteiger partial charge in [0.05, 0.1) is 12.8 Å². The van der Waals surface area contributed by atoms with Crippen LogP contribution in [-0.4, -0.2) is 23.4 Å². The molecule has 0 atom stereocenters. The zero-order valence-corrected chi connectivity index (χ0v) is 16.7. The van der Waals surface area contributed by atoms with Crippen molar-refractivity contribution in [2.45, 2.75) is 33.1 Å². The summed E-state index contributed by atoms with van der Waals surface area (Å²) >= 11 is 6.30. The smallest absolute Gasteiger partial charge is 0.133 e. The number of ether oxygens (including phenoxy) is 1. The molecule has 2 heterocycles. The lowest BCUT2D eigenvalue weighted by molar-refractivity contribution is 0.416. The zero-order valence-electron chi connectivity index (χ0n) is 16.0. The van der Waals surface area contributed by atoms with E-state index in [1.165, 1.54) is 16.7 Å². The van der Waals surface area contributed by atoms with Crippen molar-refractivity contribution < 1.29 is 4.74 Å². The van der Waals surface area contributed by atoms with Gasteiger partial charge in [0.15, 0.2) is 0 Å². The van der Waals surface area contributed by atoms with Gasteiger partial charge in [-0.1, -0.05) is 23.7 Å². The molecule has 27 heavy (non-hydrogen) atoms. The van der Waals surface area contributed by atoms with Crippen molar-refractivity contribution in [3.05, 3.63) is 58.1 Å². The van der Waals surface area contributed by atoms with Crippen LogP contribution in [0.3, 0.4) is 0 Å². The van der Waals surface area contributed by atoms with E-state index >= 15 is 0 Å². The van der Waals surface area contributed by atoms with Crippen LogP contribution in [0, 0.1) is 13.8 Å². The SMILES string of the molecule is COc1ccc(Cl)cc1-c1nn(-c2cc(C)ccc2C)c2c1CCCCN2. The Balaban J connectivity index is 1.98. The standard InChI is InChI=1S/C22H24ClN3O/c1-14-7-8-15(2)19(12-14)26-22-17(6-4-5-11-24-22)21(25-26)18-13-16(23)9-10-20(18)27-3/h7-10,12-13,24H,4-6,11H2,1-3H3. The van der Waals surface area contributed by atoms with Crippen LogP contribution in [0.1, 0.15) is 29.5 Å². The molecule has 4 rings (SSSR count). The maximum atomic E-state index is 6.30. The fourth-order valence-electron chi connectivity index (χ4n) is 3.71. The molecule has 1 N–H and O–H groups in total. The molecule has 140 valence electrons. The van der Waals surface area contributed by atoms with Crippen LogP contribution in [-0.2, 0) is 6.42 Å². The van der Waals surface area contributed by atoms with Crippen molar-refractivity contribution in [2.75, 3.05) is 19.0 Å². The Kier molecular flexibility index (Phi) is 4.83. The molecule has 0 fully saturated rings. The third-order valence-electron chi connectivity index (χ3n) is 5.14. The van der Waals surface area contributed by atoms with Crippen molar-refractivity contribution in [1.29, 1.82) is 0 Å². The van der Waals surface area contributed by atoms with E-state index in [1.807, 2.05) is 18.2 Å². The maximum Gasteiger partial charge on any atom is 0.133 e. The van der Waals surface area contributed by atoms with Crippen LogP contribution in [0.25, 0.3) is 16.9 Å². The highest BCUT2D eigenvalue weighted by molar-refractivity contribution is 6.31. The molecule has 0 saturated carbocycles. The number of rotatable bonds is 3. The molecule has 1 aromatic heterocycles. The van der Waals surface area contributed by atoms with E-state index in [-0.39, 0.29) is 0 Å². The van der Waals surface area contributed by atoms with Gasteiger partial charge in [0.25, 0.3) is 0 Å². The average molecular weight is 382 g/mol. The second-order valence-electron chi connectivity index (χ2n) is 7.11. The van der Waals surface area contributed by atoms with Crippen molar-refractivity contribution >= 4 is 17.4 Å². The number of aryl methyl sites for hydroxylation is 2. The largest absolute Gasteiger partial charge is 0.496 e. The summed E-state index contributed by atoms with van der Waals surface area (Å²) in [7, 11) is 1.69. The van der Waals surface area contributed by atoms with Gasteiger partial charge in [-0.15, -0.1) is 0 Å². The molecule has 4 nitrogen and oxygen atoms in total. The van der Waals surface area contributed by atoms with Gasteiger partial charge in [0.2, 0.25) is 0 Å². The molecule has 1 aliphatic rings. The minimum Gasteiger partial charge on any atom is -0.496 e. The molecule has 0 radical (unpaired) electrons. The number of hydrogen-bond acceptors (Lipinski definition) is 3. The molecule has 0 saturated heterocycles. The van der Waals surface area contributed by atoms with Gasteiger partial charge < -0.3 is 10.1 Å². The summed E-state index contributed by atoms with van der Waals surface area (Å²) < 4.78 is 7.66. The van der Waals surface area contributed by atoms with Gasteiger partial charge in [0, 0.05) is 22.7 Å². The summed E-state index contributed by atoms with van der Waals surface area (Å²) in [6.45, 7) is 5.19. The fraction of sp³-hybridized carbons (Fsp3) is 0.318. The molecule has 0 amide bonds. The van der Waals surface area contributed by atoms with Gasteiger partial charge in [-0.3, -0.25) is 0 Å². The molecule has 0 unspecified atom stereocenters. The van der Waals surface area contributed by atoms with Crippen LogP contribution < -0.4 is 10.1 Å². The highest BCUT2D eigenvalue weighted by Crippen LogP contribution is 2.39. The molecular weight excluding hydrogens is 358 g/mol. The van der Waals surface area contributed by atoms with Crippen LogP contribution in [0.4, 0.5) is 5.82 Å². The number of methoxy groups -OCH3 is 1. The fourth-order valence-corrected chi connectivity index (χ4v) is 3.88. The van der Waals surface area contributed by atoms with Crippen LogP contribution in [0.15, 0.2) is 36.4 Å². The first-order valence-corrected chi connectivity index (χ1v) is 9.73. The second-order valence-corrected chi connectivity index (χ2v) is 7.54. The van der Waals surface area contributed by atoms with E-state index in [1.54, 1.807) is 7.11 Å². The quantitative estimate of drug-likeness (QED) is 0.644. The average Bonchev–Trinajstić information content (AvgIpc) is 2.84. The third-order valence-corrected chi connectivity index (χ3v) is 5.37.